The molecule has 1 fully saturated rings. The molecule has 1 aliphatic rings. The number of hydrogen-bond acceptors (Lipinski definition) is 7. The number of nitrogens with zero attached hydrogens (tertiary/aromatic N) is 4. The van der Waals surface area contributed by atoms with Crippen LogP contribution in [-0.2, 0) is 16.4 Å². The van der Waals surface area contributed by atoms with E-state index in [0.717, 1.165) is 38.3 Å². The van der Waals surface area contributed by atoms with Gasteiger partial charge in [0.15, 0.2) is 9.84 Å². The standard InChI is InChI=1S/C17H22N4O3S/c1-24-16-7-8-18-17(19-16)21-11-9-20(10-12-21)13-14-3-5-15(6-4-14)25(2,22)23/h3-8H,9-13H2,1-2H3. The van der Waals surface area contributed by atoms with Gasteiger partial charge in [-0.05, 0) is 17.7 Å². The highest BCUT2D eigenvalue weighted by atomic mass is 32.2. The fourth-order valence-corrected chi connectivity index (χ4v) is 3.44. The Morgan fingerprint density at radius 1 is 1.08 bits per heavy atom. The Bertz CT molecular complexity index is 816. The summed E-state index contributed by atoms with van der Waals surface area (Å²) in [5, 5.41) is 0. The van der Waals surface area contributed by atoms with E-state index in [2.05, 4.69) is 19.8 Å². The molecule has 0 radical (unpaired) electrons. The summed E-state index contributed by atoms with van der Waals surface area (Å²) in [6.45, 7) is 4.28. The Morgan fingerprint density at radius 2 is 1.76 bits per heavy atom. The Morgan fingerprint density at radius 3 is 2.36 bits per heavy atom. The molecule has 1 aliphatic heterocycles. The summed E-state index contributed by atoms with van der Waals surface area (Å²) >= 11 is 0. The molecular weight excluding hydrogens is 340 g/mol. The number of anilines is 1. The second kappa shape index (κ2) is 7.37. The molecule has 0 amide bonds. The molecule has 1 aromatic carbocycles. The van der Waals surface area contributed by atoms with E-state index in [4.69, 9.17) is 4.74 Å². The molecule has 0 spiro atoms. The lowest BCUT2D eigenvalue weighted by Crippen LogP contribution is -2.46. The fourth-order valence-electron chi connectivity index (χ4n) is 2.80. The van der Waals surface area contributed by atoms with Gasteiger partial charge in [-0.15, -0.1) is 0 Å². The predicted molar refractivity (Wildman–Crippen MR) is 95.6 cm³/mol. The van der Waals surface area contributed by atoms with Crippen LogP contribution >= 0.6 is 0 Å². The molecule has 0 saturated carbocycles. The normalized spacial score (nSPS) is 16.0. The smallest absolute Gasteiger partial charge is 0.228 e. The first-order chi connectivity index (χ1) is 12.0. The molecule has 2 aromatic rings. The highest BCUT2D eigenvalue weighted by Crippen LogP contribution is 2.16. The van der Waals surface area contributed by atoms with E-state index in [1.807, 2.05) is 12.1 Å². The van der Waals surface area contributed by atoms with Crippen LogP contribution in [0, 0.1) is 0 Å². The van der Waals surface area contributed by atoms with Crippen molar-refractivity contribution in [3.8, 4) is 5.88 Å². The molecule has 8 heteroatoms. The number of sulfone groups is 1. The number of ether oxygens (including phenoxy) is 1. The van der Waals surface area contributed by atoms with E-state index < -0.39 is 9.84 Å². The second-order valence-electron chi connectivity index (χ2n) is 6.08. The van der Waals surface area contributed by atoms with Gasteiger partial charge < -0.3 is 9.64 Å². The van der Waals surface area contributed by atoms with Crippen molar-refractivity contribution >= 4 is 15.8 Å². The van der Waals surface area contributed by atoms with Crippen LogP contribution in [0.15, 0.2) is 41.4 Å². The van der Waals surface area contributed by atoms with Crippen LogP contribution in [0.5, 0.6) is 5.88 Å². The van der Waals surface area contributed by atoms with Crippen molar-refractivity contribution < 1.29 is 13.2 Å². The largest absolute Gasteiger partial charge is 0.481 e. The fraction of sp³-hybridized carbons (Fsp3) is 0.412. The minimum Gasteiger partial charge on any atom is -0.481 e. The summed E-state index contributed by atoms with van der Waals surface area (Å²) in [4.78, 5) is 13.5. The zero-order valence-electron chi connectivity index (χ0n) is 14.4. The highest BCUT2D eigenvalue weighted by Gasteiger charge is 2.19. The summed E-state index contributed by atoms with van der Waals surface area (Å²) < 4.78 is 28.2. The van der Waals surface area contributed by atoms with Crippen molar-refractivity contribution in [3.05, 3.63) is 42.1 Å². The Kier molecular flexibility index (Phi) is 5.19. The van der Waals surface area contributed by atoms with Gasteiger partial charge in [0.1, 0.15) is 0 Å². The summed E-state index contributed by atoms with van der Waals surface area (Å²) in [5.74, 6) is 1.26. The zero-order chi connectivity index (χ0) is 17.9. The number of hydrogen-bond donors (Lipinski definition) is 0. The van der Waals surface area contributed by atoms with Crippen LogP contribution in [0.4, 0.5) is 5.95 Å². The topological polar surface area (TPSA) is 75.6 Å². The first-order valence-corrected chi connectivity index (χ1v) is 9.98. The van der Waals surface area contributed by atoms with Gasteiger partial charge in [0, 0.05) is 51.2 Å². The lowest BCUT2D eigenvalue weighted by molar-refractivity contribution is 0.248. The molecule has 0 N–H and O–H groups in total. The van der Waals surface area contributed by atoms with Crippen LogP contribution in [0.25, 0.3) is 0 Å². The molecule has 1 saturated heterocycles. The van der Waals surface area contributed by atoms with Crippen LogP contribution in [0.2, 0.25) is 0 Å². The molecule has 134 valence electrons. The lowest BCUT2D eigenvalue weighted by Gasteiger charge is -2.34. The average molecular weight is 362 g/mol. The van der Waals surface area contributed by atoms with Crippen LogP contribution in [0.3, 0.4) is 0 Å². The number of benzene rings is 1. The Balaban J connectivity index is 1.57. The number of aromatic nitrogens is 2. The van der Waals surface area contributed by atoms with Gasteiger partial charge in [-0.1, -0.05) is 12.1 Å². The van der Waals surface area contributed by atoms with Gasteiger partial charge in [-0.2, -0.15) is 4.98 Å². The monoisotopic (exact) mass is 362 g/mol. The van der Waals surface area contributed by atoms with Gasteiger partial charge in [0.05, 0.1) is 12.0 Å². The molecule has 3 rings (SSSR count). The predicted octanol–water partition coefficient (Wildman–Crippen LogP) is 1.21. The minimum atomic E-state index is -3.14. The van der Waals surface area contributed by atoms with Crippen molar-refractivity contribution in [2.45, 2.75) is 11.4 Å². The molecule has 0 bridgehead atoms. The van der Waals surface area contributed by atoms with Gasteiger partial charge in [0.25, 0.3) is 0 Å². The minimum absolute atomic E-state index is 0.358. The molecule has 7 nitrogen and oxygen atoms in total. The number of methoxy groups -OCH3 is 1. The summed E-state index contributed by atoms with van der Waals surface area (Å²) in [6.07, 6.45) is 2.93. The lowest BCUT2D eigenvalue weighted by atomic mass is 10.2. The van der Waals surface area contributed by atoms with E-state index in [9.17, 15) is 8.42 Å². The van der Waals surface area contributed by atoms with E-state index in [1.54, 1.807) is 31.5 Å². The van der Waals surface area contributed by atoms with Gasteiger partial charge in [0.2, 0.25) is 11.8 Å². The summed E-state index contributed by atoms with van der Waals surface area (Å²) in [5.41, 5.74) is 1.11. The third-order valence-electron chi connectivity index (χ3n) is 4.24. The van der Waals surface area contributed by atoms with Crippen LogP contribution < -0.4 is 9.64 Å². The molecule has 1 aromatic heterocycles. The molecule has 0 aliphatic carbocycles. The van der Waals surface area contributed by atoms with E-state index in [-0.39, 0.29) is 0 Å². The molecule has 25 heavy (non-hydrogen) atoms. The van der Waals surface area contributed by atoms with Gasteiger partial charge in [-0.3, -0.25) is 4.90 Å². The van der Waals surface area contributed by atoms with Crippen molar-refractivity contribution in [2.75, 3.05) is 44.4 Å². The average Bonchev–Trinajstić information content (AvgIpc) is 2.62. The van der Waals surface area contributed by atoms with E-state index >= 15 is 0 Å². The van der Waals surface area contributed by atoms with Crippen molar-refractivity contribution in [3.63, 3.8) is 0 Å². The Hall–Kier alpha value is -2.19. The van der Waals surface area contributed by atoms with E-state index in [1.165, 1.54) is 6.26 Å². The zero-order valence-corrected chi connectivity index (χ0v) is 15.2. The first kappa shape index (κ1) is 17.6. The third kappa shape index (κ3) is 4.46. The molecular formula is C17H22N4O3S. The highest BCUT2D eigenvalue weighted by molar-refractivity contribution is 7.90. The summed E-state index contributed by atoms with van der Waals surface area (Å²) in [7, 11) is -1.54. The number of piperazine rings is 1. The number of rotatable bonds is 5. The Labute approximate surface area is 148 Å². The first-order valence-electron chi connectivity index (χ1n) is 8.09. The molecule has 2 heterocycles. The second-order valence-corrected chi connectivity index (χ2v) is 8.09. The third-order valence-corrected chi connectivity index (χ3v) is 5.37. The van der Waals surface area contributed by atoms with Gasteiger partial charge in [-0.25, -0.2) is 13.4 Å². The van der Waals surface area contributed by atoms with Crippen molar-refractivity contribution in [2.24, 2.45) is 0 Å². The van der Waals surface area contributed by atoms with Crippen molar-refractivity contribution in [1.29, 1.82) is 0 Å². The maximum Gasteiger partial charge on any atom is 0.228 e. The quantitative estimate of drug-likeness (QED) is 0.791. The van der Waals surface area contributed by atoms with Crippen LogP contribution in [-0.4, -0.2) is 62.8 Å². The van der Waals surface area contributed by atoms with Crippen molar-refractivity contribution in [1.82, 2.24) is 14.9 Å². The van der Waals surface area contributed by atoms with E-state index in [0.29, 0.717) is 16.7 Å². The van der Waals surface area contributed by atoms with Crippen LogP contribution in [0.1, 0.15) is 5.56 Å². The molecule has 0 atom stereocenters. The van der Waals surface area contributed by atoms with Gasteiger partial charge >= 0.3 is 0 Å². The molecule has 0 unspecified atom stereocenters. The maximum atomic E-state index is 11.5. The SMILES string of the molecule is COc1ccnc(N2CCN(Cc3ccc(S(C)(=O)=O)cc3)CC2)n1. The maximum absolute atomic E-state index is 11.5. The summed E-state index contributed by atoms with van der Waals surface area (Å²) in [6, 6.07) is 8.85.